The number of aliphatic hydroxyl groups excluding tert-OH is 1. The molecule has 0 aliphatic rings. The van der Waals surface area contributed by atoms with Crippen LogP contribution in [0.4, 0.5) is 0 Å². The standard InChI is InChI=1S/C51H74O7SSi/c1-39(2)48(50(59(53,54)43-28-16-11-17-29-43)49(52)41(4)25-22-24-40(3)35-36-47(55-8)56-9)46(57-38-42-26-14-10-15-27-42)34-23-37-58-60(51(5,6)7,44-30-18-12-19-31-44)45-32-20-13-21-33-45/h10-21,26-33,39-41,46-50,52H,22-25,34-38H2,1-9H3/t40-,41+,46-,48-,49?,50?/m1/s1. The van der Waals surface area contributed by atoms with Crippen LogP contribution in [0, 0.1) is 23.7 Å². The molecule has 0 aliphatic carbocycles. The molecule has 0 radical (unpaired) electrons. The minimum absolute atomic E-state index is 0.122. The van der Waals surface area contributed by atoms with Crippen LogP contribution in [0.2, 0.25) is 5.04 Å². The maximum absolute atomic E-state index is 15.0. The van der Waals surface area contributed by atoms with Gasteiger partial charge in [-0.15, -0.1) is 0 Å². The van der Waals surface area contributed by atoms with E-state index in [4.69, 9.17) is 18.6 Å². The van der Waals surface area contributed by atoms with E-state index in [1.807, 2.05) is 43.3 Å². The average molecular weight is 859 g/mol. The van der Waals surface area contributed by atoms with Gasteiger partial charge in [0.2, 0.25) is 0 Å². The van der Waals surface area contributed by atoms with E-state index in [0.717, 1.165) is 31.2 Å². The summed E-state index contributed by atoms with van der Waals surface area (Å²) in [6.07, 6.45) is 3.74. The number of aliphatic hydroxyl groups is 1. The summed E-state index contributed by atoms with van der Waals surface area (Å²) in [4.78, 5) is 0.225. The normalized spacial score (nSPS) is 15.7. The lowest BCUT2D eigenvalue weighted by Crippen LogP contribution is -2.66. The Labute approximate surface area is 364 Å². The topological polar surface area (TPSA) is 91.3 Å². The van der Waals surface area contributed by atoms with Crippen molar-refractivity contribution in [1.29, 1.82) is 0 Å². The highest BCUT2D eigenvalue weighted by Crippen LogP contribution is 2.39. The molecule has 0 aromatic heterocycles. The van der Waals surface area contributed by atoms with Gasteiger partial charge in [-0.25, -0.2) is 8.42 Å². The van der Waals surface area contributed by atoms with Crippen LogP contribution in [0.5, 0.6) is 0 Å². The molecule has 330 valence electrons. The molecule has 0 amide bonds. The second-order valence-corrected chi connectivity index (χ2v) is 24.5. The smallest absolute Gasteiger partial charge is 0.261 e. The fraction of sp³-hybridized carbons (Fsp3) is 0.529. The van der Waals surface area contributed by atoms with E-state index in [-0.39, 0.29) is 28.1 Å². The molecule has 4 aromatic carbocycles. The lowest BCUT2D eigenvalue weighted by atomic mass is 9.79. The number of sulfone groups is 1. The summed E-state index contributed by atoms with van der Waals surface area (Å²) in [6.45, 7) is 16.0. The third-order valence-electron chi connectivity index (χ3n) is 12.4. The quantitative estimate of drug-likeness (QED) is 0.0382. The van der Waals surface area contributed by atoms with Crippen LogP contribution in [0.1, 0.15) is 99.0 Å². The number of ether oxygens (including phenoxy) is 3. The van der Waals surface area contributed by atoms with Crippen LogP contribution in [-0.4, -0.2) is 66.4 Å². The molecule has 6 atom stereocenters. The predicted octanol–water partition coefficient (Wildman–Crippen LogP) is 10.2. The van der Waals surface area contributed by atoms with Crippen LogP contribution in [0.15, 0.2) is 126 Å². The fourth-order valence-corrected chi connectivity index (χ4v) is 16.0. The first-order valence-corrected chi connectivity index (χ1v) is 25.6. The summed E-state index contributed by atoms with van der Waals surface area (Å²) in [6, 6.07) is 40.0. The Bertz CT molecular complexity index is 1830. The molecule has 2 unspecified atom stereocenters. The Hall–Kier alpha value is -3.15. The highest BCUT2D eigenvalue weighted by Gasteiger charge is 2.50. The Balaban J connectivity index is 1.67. The van der Waals surface area contributed by atoms with Crippen molar-refractivity contribution in [1.82, 2.24) is 0 Å². The third kappa shape index (κ3) is 13.2. The van der Waals surface area contributed by atoms with Gasteiger partial charge < -0.3 is 23.7 Å². The number of hydrogen-bond acceptors (Lipinski definition) is 7. The Morgan fingerprint density at radius 1 is 0.650 bits per heavy atom. The van der Waals surface area contributed by atoms with E-state index in [1.165, 1.54) is 10.4 Å². The first-order valence-electron chi connectivity index (χ1n) is 22.1. The van der Waals surface area contributed by atoms with Gasteiger partial charge >= 0.3 is 0 Å². The minimum atomic E-state index is -4.01. The summed E-state index contributed by atoms with van der Waals surface area (Å²) < 4.78 is 55.0. The Kier molecular flexibility index (Phi) is 19.7. The van der Waals surface area contributed by atoms with Gasteiger partial charge in [0.25, 0.3) is 8.32 Å². The van der Waals surface area contributed by atoms with E-state index < -0.39 is 41.5 Å². The van der Waals surface area contributed by atoms with Gasteiger partial charge in [-0.05, 0) is 83.0 Å². The van der Waals surface area contributed by atoms with Crippen molar-refractivity contribution < 1.29 is 32.2 Å². The molecule has 0 aliphatic heterocycles. The second-order valence-electron chi connectivity index (χ2n) is 18.1. The predicted molar refractivity (Wildman–Crippen MR) is 249 cm³/mol. The monoisotopic (exact) mass is 858 g/mol. The first-order chi connectivity index (χ1) is 28.7. The van der Waals surface area contributed by atoms with Gasteiger partial charge in [0.05, 0.1) is 29.0 Å². The van der Waals surface area contributed by atoms with E-state index in [9.17, 15) is 5.11 Å². The summed E-state index contributed by atoms with van der Waals surface area (Å²) >= 11 is 0. The molecule has 1 N–H and O–H groups in total. The number of hydrogen-bond donors (Lipinski definition) is 1. The van der Waals surface area contributed by atoms with E-state index in [0.29, 0.717) is 38.4 Å². The third-order valence-corrected chi connectivity index (χ3v) is 19.7. The molecule has 0 spiro atoms. The maximum Gasteiger partial charge on any atom is 0.261 e. The van der Waals surface area contributed by atoms with Crippen molar-refractivity contribution in [2.75, 3.05) is 20.8 Å². The zero-order chi connectivity index (χ0) is 43.8. The highest BCUT2D eigenvalue weighted by molar-refractivity contribution is 7.92. The lowest BCUT2D eigenvalue weighted by Gasteiger charge is -2.43. The molecule has 0 bridgehead atoms. The summed E-state index contributed by atoms with van der Waals surface area (Å²) in [5.74, 6) is -0.455. The van der Waals surface area contributed by atoms with E-state index in [1.54, 1.807) is 38.5 Å². The number of methoxy groups -OCH3 is 2. The van der Waals surface area contributed by atoms with Gasteiger partial charge in [-0.1, -0.05) is 171 Å². The molecular formula is C51H74O7SSi. The zero-order valence-corrected chi connectivity index (χ0v) is 39.7. The summed E-state index contributed by atoms with van der Waals surface area (Å²) in [7, 11) is -3.48. The van der Waals surface area contributed by atoms with Crippen LogP contribution < -0.4 is 10.4 Å². The molecule has 7 nitrogen and oxygen atoms in total. The van der Waals surface area contributed by atoms with Gasteiger partial charge in [-0.3, -0.25) is 0 Å². The molecule has 4 rings (SSSR count). The van der Waals surface area contributed by atoms with Gasteiger partial charge in [0.1, 0.15) is 0 Å². The average Bonchev–Trinajstić information content (AvgIpc) is 3.24. The molecule has 9 heteroatoms. The van der Waals surface area contributed by atoms with E-state index in [2.05, 4.69) is 102 Å². The van der Waals surface area contributed by atoms with Gasteiger partial charge in [0, 0.05) is 26.7 Å². The summed E-state index contributed by atoms with van der Waals surface area (Å²) in [5, 5.41) is 13.6. The molecule has 4 aromatic rings. The van der Waals surface area contributed by atoms with Crippen molar-refractivity contribution in [2.24, 2.45) is 23.7 Å². The summed E-state index contributed by atoms with van der Waals surface area (Å²) in [5.41, 5.74) is 1.02. The first kappa shape index (κ1) is 49.5. The van der Waals surface area contributed by atoms with Crippen molar-refractivity contribution in [2.45, 2.75) is 134 Å². The van der Waals surface area contributed by atoms with E-state index >= 15 is 8.42 Å². The SMILES string of the molecule is COC(CC[C@H](C)CCC[C@H](C)C(O)C([C@H](C(C)C)[C@@H](CCCO[Si](c1ccccc1)(c1ccccc1)C(C)(C)C)OCc1ccccc1)S(=O)(=O)c1ccccc1)OC. The zero-order valence-electron chi connectivity index (χ0n) is 37.8. The molecule has 0 saturated heterocycles. The molecule has 0 heterocycles. The van der Waals surface area contributed by atoms with Gasteiger partial charge in [0.15, 0.2) is 16.1 Å². The molecule has 60 heavy (non-hydrogen) atoms. The van der Waals surface area contributed by atoms with Crippen LogP contribution in [-0.2, 0) is 35.1 Å². The second kappa shape index (κ2) is 23.9. The van der Waals surface area contributed by atoms with Crippen molar-refractivity contribution in [3.8, 4) is 0 Å². The minimum Gasteiger partial charge on any atom is -0.407 e. The van der Waals surface area contributed by atoms with Crippen molar-refractivity contribution in [3.63, 3.8) is 0 Å². The van der Waals surface area contributed by atoms with Crippen molar-refractivity contribution in [3.05, 3.63) is 127 Å². The van der Waals surface area contributed by atoms with Crippen LogP contribution in [0.3, 0.4) is 0 Å². The molecule has 0 saturated carbocycles. The van der Waals surface area contributed by atoms with Crippen molar-refractivity contribution >= 4 is 28.5 Å². The maximum atomic E-state index is 15.0. The van der Waals surface area contributed by atoms with Crippen LogP contribution >= 0.6 is 0 Å². The van der Waals surface area contributed by atoms with Gasteiger partial charge in [-0.2, -0.15) is 0 Å². The number of rotatable bonds is 26. The molecule has 0 fully saturated rings. The van der Waals surface area contributed by atoms with Crippen LogP contribution in [0.25, 0.3) is 0 Å². The Morgan fingerprint density at radius 2 is 1.17 bits per heavy atom. The number of benzene rings is 4. The highest BCUT2D eigenvalue weighted by atomic mass is 32.2. The Morgan fingerprint density at radius 3 is 1.67 bits per heavy atom. The molecular weight excluding hydrogens is 785 g/mol. The fourth-order valence-electron chi connectivity index (χ4n) is 9.02. The lowest BCUT2D eigenvalue weighted by molar-refractivity contribution is -0.108. The largest absolute Gasteiger partial charge is 0.407 e.